The van der Waals surface area contributed by atoms with E-state index in [1.54, 1.807) is 12.1 Å². The molecule has 0 spiro atoms. The van der Waals surface area contributed by atoms with Gasteiger partial charge in [-0.15, -0.1) is 11.8 Å². The molecule has 5 heteroatoms. The topological polar surface area (TPSA) is 17.8 Å². The molecule has 0 unspecified atom stereocenters. The average Bonchev–Trinajstić information content (AvgIpc) is 2.68. The van der Waals surface area contributed by atoms with Crippen LogP contribution in [0.5, 0.6) is 0 Å². The molecule has 0 atom stereocenters. The van der Waals surface area contributed by atoms with Crippen molar-refractivity contribution in [3.05, 3.63) is 35.1 Å². The highest BCUT2D eigenvalue weighted by Gasteiger charge is 2.18. The number of aromatic nitrogens is 2. The van der Waals surface area contributed by atoms with E-state index >= 15 is 0 Å². The van der Waals surface area contributed by atoms with Crippen molar-refractivity contribution in [1.29, 1.82) is 0 Å². The van der Waals surface area contributed by atoms with Crippen LogP contribution in [0.1, 0.15) is 19.9 Å². The molecule has 2 rings (SSSR count). The Bertz CT molecular complexity index is 549. The van der Waals surface area contributed by atoms with Gasteiger partial charge in [0.25, 0.3) is 0 Å². The summed E-state index contributed by atoms with van der Waals surface area (Å²) in [4.78, 5) is 0. The number of thioether (sulfide) groups is 1. The summed E-state index contributed by atoms with van der Waals surface area (Å²) in [6.45, 7) is 4.08. The van der Waals surface area contributed by atoms with Gasteiger partial charge in [-0.25, -0.2) is 4.39 Å². The summed E-state index contributed by atoms with van der Waals surface area (Å²) in [7, 11) is 0. The van der Waals surface area contributed by atoms with Gasteiger partial charge in [0.2, 0.25) is 0 Å². The molecule has 0 aliphatic rings. The summed E-state index contributed by atoms with van der Waals surface area (Å²) >= 11 is 7.86. The Balaban J connectivity index is 2.61. The van der Waals surface area contributed by atoms with Crippen molar-refractivity contribution in [2.75, 3.05) is 6.26 Å². The van der Waals surface area contributed by atoms with E-state index in [-0.39, 0.29) is 11.9 Å². The lowest BCUT2D eigenvalue weighted by molar-refractivity contribution is 0.527. The van der Waals surface area contributed by atoms with Gasteiger partial charge in [0.05, 0.1) is 5.69 Å². The molecule has 2 aromatic rings. The van der Waals surface area contributed by atoms with Crippen LogP contribution in [0, 0.1) is 5.82 Å². The van der Waals surface area contributed by atoms with Crippen LogP contribution >= 0.6 is 23.4 Å². The van der Waals surface area contributed by atoms with Crippen LogP contribution in [-0.4, -0.2) is 16.0 Å². The van der Waals surface area contributed by atoms with Gasteiger partial charge in [0.1, 0.15) is 15.9 Å². The second kappa shape index (κ2) is 5.33. The third-order valence-corrected chi connectivity index (χ3v) is 3.77. The first-order valence-electron chi connectivity index (χ1n) is 5.62. The molecule has 1 heterocycles. The maximum Gasteiger partial charge on any atom is 0.137 e. The highest BCUT2D eigenvalue weighted by molar-refractivity contribution is 7.98. The summed E-state index contributed by atoms with van der Waals surface area (Å²) in [6.07, 6.45) is 1.94. The average molecular weight is 285 g/mol. The zero-order chi connectivity index (χ0) is 13.3. The van der Waals surface area contributed by atoms with Gasteiger partial charge >= 0.3 is 0 Å². The van der Waals surface area contributed by atoms with Crippen LogP contribution in [0.15, 0.2) is 29.3 Å². The molecule has 1 aromatic carbocycles. The molecule has 0 bridgehead atoms. The lowest BCUT2D eigenvalue weighted by Gasteiger charge is -2.11. The van der Waals surface area contributed by atoms with E-state index in [0.29, 0.717) is 5.02 Å². The minimum absolute atomic E-state index is 0.198. The van der Waals surface area contributed by atoms with Gasteiger partial charge < -0.3 is 0 Å². The Labute approximate surface area is 115 Å². The molecule has 0 amide bonds. The van der Waals surface area contributed by atoms with Crippen molar-refractivity contribution in [3.8, 4) is 11.3 Å². The molecule has 0 aliphatic heterocycles. The molecule has 0 N–H and O–H groups in total. The minimum atomic E-state index is -0.254. The predicted octanol–water partition coefficient (Wildman–Crippen LogP) is 4.65. The standard InChI is InChI=1S/C13H14ClFN2S/c1-8(2)17-12(11(14)13(16-17)18-3)9-4-6-10(15)7-5-9/h4-8H,1-3H3. The van der Waals surface area contributed by atoms with Crippen LogP contribution in [-0.2, 0) is 0 Å². The monoisotopic (exact) mass is 284 g/mol. The first kappa shape index (κ1) is 13.4. The highest BCUT2D eigenvalue weighted by Crippen LogP contribution is 2.36. The normalized spacial score (nSPS) is 11.2. The van der Waals surface area contributed by atoms with Crippen molar-refractivity contribution in [2.45, 2.75) is 24.9 Å². The van der Waals surface area contributed by atoms with Gasteiger partial charge in [-0.3, -0.25) is 4.68 Å². The maximum absolute atomic E-state index is 13.0. The van der Waals surface area contributed by atoms with E-state index < -0.39 is 0 Å². The molecule has 0 radical (unpaired) electrons. The third kappa shape index (κ3) is 2.40. The van der Waals surface area contributed by atoms with Crippen LogP contribution in [0.25, 0.3) is 11.3 Å². The quantitative estimate of drug-likeness (QED) is 0.764. The first-order chi connectivity index (χ1) is 8.54. The van der Waals surface area contributed by atoms with E-state index in [4.69, 9.17) is 11.6 Å². The van der Waals surface area contributed by atoms with Crippen molar-refractivity contribution < 1.29 is 4.39 Å². The maximum atomic E-state index is 13.0. The molecule has 18 heavy (non-hydrogen) atoms. The van der Waals surface area contributed by atoms with Crippen molar-refractivity contribution >= 4 is 23.4 Å². The van der Waals surface area contributed by atoms with Gasteiger partial charge in [0.15, 0.2) is 0 Å². The van der Waals surface area contributed by atoms with Gasteiger partial charge in [-0.1, -0.05) is 11.6 Å². The lowest BCUT2D eigenvalue weighted by atomic mass is 10.1. The Morgan fingerprint density at radius 3 is 2.39 bits per heavy atom. The minimum Gasteiger partial charge on any atom is -0.260 e. The number of rotatable bonds is 3. The number of nitrogens with zero attached hydrogens (tertiary/aromatic N) is 2. The summed E-state index contributed by atoms with van der Waals surface area (Å²) in [6, 6.07) is 6.51. The van der Waals surface area contributed by atoms with Crippen molar-refractivity contribution in [2.24, 2.45) is 0 Å². The Morgan fingerprint density at radius 2 is 1.89 bits per heavy atom. The number of hydrogen-bond acceptors (Lipinski definition) is 2. The Kier molecular flexibility index (Phi) is 3.97. The lowest BCUT2D eigenvalue weighted by Crippen LogP contribution is -2.04. The SMILES string of the molecule is CSc1nn(C(C)C)c(-c2ccc(F)cc2)c1Cl. The fourth-order valence-corrected chi connectivity index (χ4v) is 2.67. The summed E-state index contributed by atoms with van der Waals surface area (Å²) in [5.41, 5.74) is 1.72. The second-order valence-electron chi connectivity index (χ2n) is 4.22. The zero-order valence-corrected chi connectivity index (χ0v) is 12.0. The Hall–Kier alpha value is -1.00. The van der Waals surface area contributed by atoms with Gasteiger partial charge in [-0.05, 0) is 44.4 Å². The van der Waals surface area contributed by atoms with E-state index in [1.165, 1.54) is 23.9 Å². The fourth-order valence-electron chi connectivity index (χ4n) is 1.76. The summed E-state index contributed by atoms with van der Waals surface area (Å²) in [5, 5.41) is 5.90. The summed E-state index contributed by atoms with van der Waals surface area (Å²) in [5.74, 6) is -0.254. The molecule has 0 fully saturated rings. The molecule has 0 saturated carbocycles. The van der Waals surface area contributed by atoms with Crippen LogP contribution in [0.4, 0.5) is 4.39 Å². The van der Waals surface area contributed by atoms with Crippen LogP contribution in [0.3, 0.4) is 0 Å². The predicted molar refractivity (Wildman–Crippen MR) is 74.8 cm³/mol. The van der Waals surface area contributed by atoms with Gasteiger partial charge in [0, 0.05) is 11.6 Å². The number of benzene rings is 1. The fraction of sp³-hybridized carbons (Fsp3) is 0.308. The summed E-state index contributed by atoms with van der Waals surface area (Å²) < 4.78 is 14.9. The van der Waals surface area contributed by atoms with Gasteiger partial charge in [-0.2, -0.15) is 5.10 Å². The smallest absolute Gasteiger partial charge is 0.137 e. The molecule has 0 aliphatic carbocycles. The first-order valence-corrected chi connectivity index (χ1v) is 7.22. The van der Waals surface area contributed by atoms with E-state index in [2.05, 4.69) is 5.10 Å². The third-order valence-electron chi connectivity index (χ3n) is 2.62. The molecule has 0 saturated heterocycles. The van der Waals surface area contributed by atoms with Crippen molar-refractivity contribution in [3.63, 3.8) is 0 Å². The molecule has 2 nitrogen and oxygen atoms in total. The number of halogens is 2. The van der Waals surface area contributed by atoms with Crippen LogP contribution < -0.4 is 0 Å². The highest BCUT2D eigenvalue weighted by atomic mass is 35.5. The molecule has 96 valence electrons. The molecule has 1 aromatic heterocycles. The van der Waals surface area contributed by atoms with Crippen molar-refractivity contribution in [1.82, 2.24) is 9.78 Å². The van der Waals surface area contributed by atoms with E-state index in [0.717, 1.165) is 16.3 Å². The molecular formula is C13H14ClFN2S. The molecular weight excluding hydrogens is 271 g/mol. The zero-order valence-electron chi connectivity index (χ0n) is 10.4. The largest absolute Gasteiger partial charge is 0.260 e. The van der Waals surface area contributed by atoms with E-state index in [1.807, 2.05) is 24.8 Å². The Morgan fingerprint density at radius 1 is 1.28 bits per heavy atom. The second-order valence-corrected chi connectivity index (χ2v) is 5.39. The van der Waals surface area contributed by atoms with E-state index in [9.17, 15) is 4.39 Å². The van der Waals surface area contributed by atoms with Crippen LogP contribution in [0.2, 0.25) is 5.02 Å². The number of hydrogen-bond donors (Lipinski definition) is 0.